The van der Waals surface area contributed by atoms with Gasteiger partial charge in [-0.3, -0.25) is 0 Å². The zero-order valence-corrected chi connectivity index (χ0v) is 11.7. The molecule has 1 atom stereocenters. The van der Waals surface area contributed by atoms with E-state index < -0.39 is 5.60 Å². The van der Waals surface area contributed by atoms with Crippen LogP contribution in [0.2, 0.25) is 0 Å². The Morgan fingerprint density at radius 3 is 2.50 bits per heavy atom. The van der Waals surface area contributed by atoms with Crippen molar-refractivity contribution in [3.05, 3.63) is 60.2 Å². The highest BCUT2D eigenvalue weighted by Crippen LogP contribution is 2.29. The lowest BCUT2D eigenvalue weighted by Gasteiger charge is -2.33. The quantitative estimate of drug-likeness (QED) is 0.896. The summed E-state index contributed by atoms with van der Waals surface area (Å²) >= 11 is 0. The van der Waals surface area contributed by atoms with E-state index in [4.69, 9.17) is 0 Å². The minimum absolute atomic E-state index is 0.608. The molecule has 0 aliphatic carbocycles. The SMILES string of the molecule is OC1(Cc2ccccc2-c2ccccc2)CCCNC1. The molecule has 1 heterocycles. The first kappa shape index (κ1) is 13.3. The molecule has 0 radical (unpaired) electrons. The van der Waals surface area contributed by atoms with E-state index in [0.29, 0.717) is 13.0 Å². The van der Waals surface area contributed by atoms with Crippen molar-refractivity contribution in [3.63, 3.8) is 0 Å². The van der Waals surface area contributed by atoms with Crippen LogP contribution in [0.5, 0.6) is 0 Å². The molecular formula is C18H21NO. The van der Waals surface area contributed by atoms with Gasteiger partial charge in [0.25, 0.3) is 0 Å². The summed E-state index contributed by atoms with van der Waals surface area (Å²) in [4.78, 5) is 0. The zero-order chi connectivity index (χ0) is 13.8. The molecule has 0 spiro atoms. The molecule has 20 heavy (non-hydrogen) atoms. The van der Waals surface area contributed by atoms with E-state index >= 15 is 0 Å². The molecule has 0 amide bonds. The van der Waals surface area contributed by atoms with Gasteiger partial charge >= 0.3 is 0 Å². The van der Waals surface area contributed by atoms with Gasteiger partial charge in [-0.25, -0.2) is 0 Å². The zero-order valence-electron chi connectivity index (χ0n) is 11.7. The predicted molar refractivity (Wildman–Crippen MR) is 82.6 cm³/mol. The molecule has 2 heteroatoms. The van der Waals surface area contributed by atoms with Crippen LogP contribution < -0.4 is 5.32 Å². The Hall–Kier alpha value is -1.64. The van der Waals surface area contributed by atoms with Gasteiger partial charge in [0.2, 0.25) is 0 Å². The Morgan fingerprint density at radius 1 is 1.00 bits per heavy atom. The third-order valence-corrected chi connectivity index (χ3v) is 4.07. The molecule has 0 bridgehead atoms. The second-order valence-corrected chi connectivity index (χ2v) is 5.70. The number of aliphatic hydroxyl groups is 1. The maximum Gasteiger partial charge on any atom is 0.0812 e. The summed E-state index contributed by atoms with van der Waals surface area (Å²) in [6.45, 7) is 1.71. The Morgan fingerprint density at radius 2 is 1.75 bits per heavy atom. The van der Waals surface area contributed by atoms with Gasteiger partial charge in [-0.2, -0.15) is 0 Å². The minimum Gasteiger partial charge on any atom is -0.388 e. The summed E-state index contributed by atoms with van der Waals surface area (Å²) < 4.78 is 0. The fourth-order valence-electron chi connectivity index (χ4n) is 3.03. The molecule has 3 rings (SSSR count). The van der Waals surface area contributed by atoms with Crippen molar-refractivity contribution in [3.8, 4) is 11.1 Å². The number of β-amino-alcohol motifs (C(OH)–C–C–N with tert-alkyl or cyclic N) is 1. The van der Waals surface area contributed by atoms with Crippen LogP contribution in [0.1, 0.15) is 18.4 Å². The van der Waals surface area contributed by atoms with Gasteiger partial charge in [0.1, 0.15) is 0 Å². The number of piperidine rings is 1. The summed E-state index contributed by atoms with van der Waals surface area (Å²) in [7, 11) is 0. The number of nitrogens with one attached hydrogen (secondary N) is 1. The third-order valence-electron chi connectivity index (χ3n) is 4.07. The lowest BCUT2D eigenvalue weighted by molar-refractivity contribution is 0.0170. The maximum absolute atomic E-state index is 10.7. The molecule has 1 fully saturated rings. The summed E-state index contributed by atoms with van der Waals surface area (Å²) in [6, 6.07) is 18.8. The average Bonchev–Trinajstić information content (AvgIpc) is 2.49. The van der Waals surface area contributed by atoms with E-state index in [1.807, 2.05) is 6.07 Å². The first-order chi connectivity index (χ1) is 9.77. The first-order valence-corrected chi connectivity index (χ1v) is 7.33. The van der Waals surface area contributed by atoms with Crippen LogP contribution in [0.4, 0.5) is 0 Å². The van der Waals surface area contributed by atoms with Crippen LogP contribution in [0, 0.1) is 0 Å². The largest absolute Gasteiger partial charge is 0.388 e. The Kier molecular flexibility index (Phi) is 3.86. The molecule has 0 saturated carbocycles. The number of hydrogen-bond acceptors (Lipinski definition) is 2. The van der Waals surface area contributed by atoms with Gasteiger partial charge in [0, 0.05) is 13.0 Å². The molecule has 1 saturated heterocycles. The van der Waals surface area contributed by atoms with Crippen molar-refractivity contribution < 1.29 is 5.11 Å². The Balaban J connectivity index is 1.90. The van der Waals surface area contributed by atoms with Crippen LogP contribution >= 0.6 is 0 Å². The van der Waals surface area contributed by atoms with E-state index in [9.17, 15) is 5.11 Å². The lowest BCUT2D eigenvalue weighted by atomic mass is 9.85. The topological polar surface area (TPSA) is 32.3 Å². The summed E-state index contributed by atoms with van der Waals surface area (Å²) in [5.41, 5.74) is 3.07. The monoisotopic (exact) mass is 267 g/mol. The highest BCUT2D eigenvalue weighted by Gasteiger charge is 2.29. The number of hydrogen-bond donors (Lipinski definition) is 2. The van der Waals surface area contributed by atoms with Crippen molar-refractivity contribution in [2.45, 2.75) is 24.9 Å². The van der Waals surface area contributed by atoms with Gasteiger partial charge in [0.05, 0.1) is 5.60 Å². The fraction of sp³-hybridized carbons (Fsp3) is 0.333. The fourth-order valence-corrected chi connectivity index (χ4v) is 3.03. The number of benzene rings is 2. The summed E-state index contributed by atoms with van der Waals surface area (Å²) in [5.74, 6) is 0. The highest BCUT2D eigenvalue weighted by atomic mass is 16.3. The van der Waals surface area contributed by atoms with Crippen molar-refractivity contribution in [2.24, 2.45) is 0 Å². The van der Waals surface area contributed by atoms with Gasteiger partial charge < -0.3 is 10.4 Å². The van der Waals surface area contributed by atoms with Crippen molar-refractivity contribution in [1.29, 1.82) is 0 Å². The van der Waals surface area contributed by atoms with Crippen molar-refractivity contribution in [1.82, 2.24) is 5.32 Å². The van der Waals surface area contributed by atoms with E-state index in [1.165, 1.54) is 16.7 Å². The van der Waals surface area contributed by atoms with Crippen LogP contribution in [0.15, 0.2) is 54.6 Å². The molecule has 2 nitrogen and oxygen atoms in total. The van der Waals surface area contributed by atoms with Crippen LogP contribution in [-0.2, 0) is 6.42 Å². The van der Waals surface area contributed by atoms with E-state index in [0.717, 1.165) is 19.4 Å². The van der Waals surface area contributed by atoms with E-state index in [1.54, 1.807) is 0 Å². The minimum atomic E-state index is -0.608. The second kappa shape index (κ2) is 5.78. The molecule has 1 aliphatic heterocycles. The average molecular weight is 267 g/mol. The van der Waals surface area contributed by atoms with Gasteiger partial charge in [-0.15, -0.1) is 0 Å². The van der Waals surface area contributed by atoms with Crippen LogP contribution in [-0.4, -0.2) is 23.8 Å². The van der Waals surface area contributed by atoms with Gasteiger partial charge in [-0.1, -0.05) is 54.6 Å². The molecule has 1 unspecified atom stereocenters. The molecule has 0 aromatic heterocycles. The Labute approximate surface area is 120 Å². The van der Waals surface area contributed by atoms with Crippen LogP contribution in [0.3, 0.4) is 0 Å². The molecular weight excluding hydrogens is 246 g/mol. The molecule has 2 aromatic carbocycles. The lowest BCUT2D eigenvalue weighted by Crippen LogP contribution is -2.47. The van der Waals surface area contributed by atoms with Crippen molar-refractivity contribution >= 4 is 0 Å². The second-order valence-electron chi connectivity index (χ2n) is 5.70. The normalized spacial score (nSPS) is 22.6. The molecule has 2 N–H and O–H groups in total. The smallest absolute Gasteiger partial charge is 0.0812 e. The highest BCUT2D eigenvalue weighted by molar-refractivity contribution is 5.67. The summed E-state index contributed by atoms with van der Waals surface area (Å²) in [5, 5.41) is 14.0. The molecule has 1 aliphatic rings. The van der Waals surface area contributed by atoms with Crippen molar-refractivity contribution in [2.75, 3.05) is 13.1 Å². The third kappa shape index (κ3) is 2.92. The van der Waals surface area contributed by atoms with Gasteiger partial charge in [-0.05, 0) is 36.1 Å². The first-order valence-electron chi connectivity index (χ1n) is 7.33. The van der Waals surface area contributed by atoms with Gasteiger partial charge in [0.15, 0.2) is 0 Å². The van der Waals surface area contributed by atoms with E-state index in [-0.39, 0.29) is 0 Å². The van der Waals surface area contributed by atoms with Crippen LogP contribution in [0.25, 0.3) is 11.1 Å². The summed E-state index contributed by atoms with van der Waals surface area (Å²) in [6.07, 6.45) is 2.64. The predicted octanol–water partition coefficient (Wildman–Crippen LogP) is 3.01. The number of rotatable bonds is 3. The maximum atomic E-state index is 10.7. The standard InChI is InChI=1S/C18H21NO/c20-18(11-6-12-19-14-18)13-16-9-4-5-10-17(16)15-7-2-1-3-8-15/h1-5,7-10,19-20H,6,11-14H2. The van der Waals surface area contributed by atoms with E-state index in [2.05, 4.69) is 53.8 Å². The molecule has 104 valence electrons. The Bertz CT molecular complexity index is 559. The molecule has 2 aromatic rings.